The standard InChI is InChI=1S/C10H12N4O2/c1-4-7-12-8-5(2)9(14(15)16)6(3)11-10(8)13-7/h4H2,1-3H3,(H,11,12,13). The van der Waals surface area contributed by atoms with Crippen molar-refractivity contribution in [1.29, 1.82) is 0 Å². The Morgan fingerprint density at radius 2 is 2.06 bits per heavy atom. The van der Waals surface area contributed by atoms with E-state index in [9.17, 15) is 10.1 Å². The molecule has 0 saturated heterocycles. The molecule has 0 atom stereocenters. The fourth-order valence-corrected chi connectivity index (χ4v) is 1.79. The summed E-state index contributed by atoms with van der Waals surface area (Å²) in [6.45, 7) is 5.31. The van der Waals surface area contributed by atoms with Crippen LogP contribution in [0.15, 0.2) is 0 Å². The van der Waals surface area contributed by atoms with Gasteiger partial charge in [0.25, 0.3) is 5.69 Å². The van der Waals surface area contributed by atoms with Gasteiger partial charge in [-0.1, -0.05) is 6.92 Å². The van der Waals surface area contributed by atoms with Gasteiger partial charge in [-0.15, -0.1) is 0 Å². The minimum atomic E-state index is -0.399. The second-order valence-electron chi connectivity index (χ2n) is 3.66. The van der Waals surface area contributed by atoms with E-state index in [-0.39, 0.29) is 5.69 Å². The van der Waals surface area contributed by atoms with E-state index in [1.165, 1.54) is 0 Å². The third kappa shape index (κ3) is 1.42. The molecule has 84 valence electrons. The molecule has 0 bridgehead atoms. The van der Waals surface area contributed by atoms with Gasteiger partial charge >= 0.3 is 0 Å². The zero-order valence-corrected chi connectivity index (χ0v) is 9.37. The largest absolute Gasteiger partial charge is 0.340 e. The number of H-pyrrole nitrogens is 1. The summed E-state index contributed by atoms with van der Waals surface area (Å²) in [5.74, 6) is 0.797. The molecule has 2 heterocycles. The van der Waals surface area contributed by atoms with E-state index in [4.69, 9.17) is 0 Å². The van der Waals surface area contributed by atoms with Crippen molar-refractivity contribution in [3.8, 4) is 0 Å². The van der Waals surface area contributed by atoms with Crippen LogP contribution in [0, 0.1) is 24.0 Å². The lowest BCUT2D eigenvalue weighted by molar-refractivity contribution is -0.386. The van der Waals surface area contributed by atoms with Crippen LogP contribution < -0.4 is 0 Å². The third-order valence-corrected chi connectivity index (χ3v) is 2.60. The summed E-state index contributed by atoms with van der Waals surface area (Å²) in [5, 5.41) is 10.9. The van der Waals surface area contributed by atoms with Gasteiger partial charge in [-0.3, -0.25) is 10.1 Å². The summed E-state index contributed by atoms with van der Waals surface area (Å²) >= 11 is 0. The van der Waals surface area contributed by atoms with E-state index in [0.29, 0.717) is 22.4 Å². The monoisotopic (exact) mass is 220 g/mol. The molecule has 6 nitrogen and oxygen atoms in total. The molecule has 0 spiro atoms. The first-order valence-electron chi connectivity index (χ1n) is 5.04. The number of pyridine rings is 1. The van der Waals surface area contributed by atoms with E-state index >= 15 is 0 Å². The Balaban J connectivity index is 2.81. The number of hydrogen-bond donors (Lipinski definition) is 1. The molecule has 1 N–H and O–H groups in total. The predicted molar refractivity (Wildman–Crippen MR) is 59.4 cm³/mol. The number of rotatable bonds is 2. The number of aromatic amines is 1. The first-order chi connectivity index (χ1) is 7.54. The van der Waals surface area contributed by atoms with Crippen LogP contribution in [0.3, 0.4) is 0 Å². The predicted octanol–water partition coefficient (Wildman–Crippen LogP) is 2.05. The van der Waals surface area contributed by atoms with Crippen LogP contribution in [0.25, 0.3) is 11.2 Å². The molecule has 0 radical (unpaired) electrons. The molecular weight excluding hydrogens is 208 g/mol. The normalized spacial score (nSPS) is 10.9. The van der Waals surface area contributed by atoms with E-state index in [1.54, 1.807) is 13.8 Å². The van der Waals surface area contributed by atoms with Crippen LogP contribution in [0.1, 0.15) is 24.0 Å². The van der Waals surface area contributed by atoms with Crippen molar-refractivity contribution >= 4 is 16.9 Å². The quantitative estimate of drug-likeness (QED) is 0.620. The Hall–Kier alpha value is -1.98. The van der Waals surface area contributed by atoms with Gasteiger partial charge in [0.2, 0.25) is 0 Å². The molecule has 0 fully saturated rings. The molecular formula is C10H12N4O2. The smallest absolute Gasteiger partial charge is 0.295 e. The molecule has 2 aromatic rings. The van der Waals surface area contributed by atoms with E-state index in [2.05, 4.69) is 15.0 Å². The molecule has 2 aromatic heterocycles. The molecule has 0 amide bonds. The maximum Gasteiger partial charge on any atom is 0.295 e. The Morgan fingerprint density at radius 1 is 1.38 bits per heavy atom. The molecule has 0 saturated carbocycles. The van der Waals surface area contributed by atoms with Gasteiger partial charge in [-0.25, -0.2) is 9.97 Å². The van der Waals surface area contributed by atoms with Crippen molar-refractivity contribution in [2.75, 3.05) is 0 Å². The molecule has 0 aliphatic heterocycles. The highest BCUT2D eigenvalue weighted by Crippen LogP contribution is 2.27. The first kappa shape index (κ1) is 10.5. The van der Waals surface area contributed by atoms with Crippen LogP contribution in [-0.2, 0) is 6.42 Å². The number of nitrogens with zero attached hydrogens (tertiary/aromatic N) is 3. The minimum absolute atomic E-state index is 0.0683. The number of imidazole rings is 1. The lowest BCUT2D eigenvalue weighted by Gasteiger charge is -2.00. The molecule has 0 aliphatic carbocycles. The minimum Gasteiger partial charge on any atom is -0.340 e. The number of nitrogens with one attached hydrogen (secondary N) is 1. The summed E-state index contributed by atoms with van der Waals surface area (Å²) in [4.78, 5) is 22.0. The van der Waals surface area contributed by atoms with Crippen LogP contribution >= 0.6 is 0 Å². The number of nitro groups is 1. The summed E-state index contributed by atoms with van der Waals surface area (Å²) < 4.78 is 0. The van der Waals surface area contributed by atoms with Gasteiger partial charge in [-0.05, 0) is 13.8 Å². The van der Waals surface area contributed by atoms with Crippen molar-refractivity contribution in [3.05, 3.63) is 27.2 Å². The van der Waals surface area contributed by atoms with Crippen molar-refractivity contribution in [1.82, 2.24) is 15.0 Å². The molecule has 0 aliphatic rings. The van der Waals surface area contributed by atoms with Gasteiger partial charge in [0.05, 0.1) is 16.0 Å². The average molecular weight is 220 g/mol. The first-order valence-corrected chi connectivity index (χ1v) is 5.04. The highest BCUT2D eigenvalue weighted by atomic mass is 16.6. The second kappa shape index (κ2) is 3.55. The van der Waals surface area contributed by atoms with Gasteiger partial charge in [0.15, 0.2) is 5.65 Å². The van der Waals surface area contributed by atoms with Crippen LogP contribution in [-0.4, -0.2) is 19.9 Å². The van der Waals surface area contributed by atoms with Gasteiger partial charge < -0.3 is 4.98 Å². The van der Waals surface area contributed by atoms with E-state index in [1.807, 2.05) is 6.92 Å². The topological polar surface area (TPSA) is 84.7 Å². The van der Waals surface area contributed by atoms with Crippen molar-refractivity contribution in [2.24, 2.45) is 0 Å². The molecule has 16 heavy (non-hydrogen) atoms. The molecule has 2 rings (SSSR count). The van der Waals surface area contributed by atoms with E-state index in [0.717, 1.165) is 12.2 Å². The van der Waals surface area contributed by atoms with Crippen LogP contribution in [0.2, 0.25) is 0 Å². The average Bonchev–Trinajstić information content (AvgIpc) is 2.60. The third-order valence-electron chi connectivity index (χ3n) is 2.60. The highest BCUT2D eigenvalue weighted by molar-refractivity contribution is 5.79. The Morgan fingerprint density at radius 3 is 2.62 bits per heavy atom. The Kier molecular flexibility index (Phi) is 2.34. The van der Waals surface area contributed by atoms with E-state index < -0.39 is 4.92 Å². The van der Waals surface area contributed by atoms with Crippen molar-refractivity contribution < 1.29 is 4.92 Å². The van der Waals surface area contributed by atoms with Crippen LogP contribution in [0.4, 0.5) is 5.69 Å². The number of aryl methyl sites for hydroxylation is 3. The zero-order chi connectivity index (χ0) is 11.9. The summed E-state index contributed by atoms with van der Waals surface area (Å²) in [6.07, 6.45) is 0.753. The maximum atomic E-state index is 10.9. The SMILES string of the molecule is CCc1nc2nc(C)c([N+](=O)[O-])c(C)c2[nH]1. The zero-order valence-electron chi connectivity index (χ0n) is 9.37. The maximum absolute atomic E-state index is 10.9. The van der Waals surface area contributed by atoms with Gasteiger partial charge in [0, 0.05) is 6.42 Å². The number of fused-ring (bicyclic) bond motifs is 1. The second-order valence-corrected chi connectivity index (χ2v) is 3.66. The van der Waals surface area contributed by atoms with Crippen LogP contribution in [0.5, 0.6) is 0 Å². The molecule has 6 heteroatoms. The highest BCUT2D eigenvalue weighted by Gasteiger charge is 2.20. The lowest BCUT2D eigenvalue weighted by Crippen LogP contribution is -1.98. The fraction of sp³-hybridized carbons (Fsp3) is 0.400. The fourth-order valence-electron chi connectivity index (χ4n) is 1.79. The summed E-state index contributed by atoms with van der Waals surface area (Å²) in [7, 11) is 0. The van der Waals surface area contributed by atoms with Crippen molar-refractivity contribution in [2.45, 2.75) is 27.2 Å². The van der Waals surface area contributed by atoms with Gasteiger partial charge in [0.1, 0.15) is 11.5 Å². The van der Waals surface area contributed by atoms with Crippen molar-refractivity contribution in [3.63, 3.8) is 0 Å². The number of aromatic nitrogens is 3. The Labute approximate surface area is 91.9 Å². The Bertz CT molecular complexity index is 574. The summed E-state index contributed by atoms with van der Waals surface area (Å²) in [6, 6.07) is 0. The summed E-state index contributed by atoms with van der Waals surface area (Å²) in [5.41, 5.74) is 2.29. The molecule has 0 aromatic carbocycles. The molecule has 0 unspecified atom stereocenters. The lowest BCUT2D eigenvalue weighted by atomic mass is 10.2. The number of hydrogen-bond acceptors (Lipinski definition) is 4. The van der Waals surface area contributed by atoms with Gasteiger partial charge in [-0.2, -0.15) is 0 Å².